The van der Waals surface area contributed by atoms with Gasteiger partial charge in [-0.15, -0.1) is 11.3 Å². The number of nitro benzene ring substituents is 1. The molecule has 8 heteroatoms. The van der Waals surface area contributed by atoms with Gasteiger partial charge in [0.2, 0.25) is 0 Å². The number of rotatable bonds is 4. The summed E-state index contributed by atoms with van der Waals surface area (Å²) >= 11 is 7.29. The topological polar surface area (TPSA) is 96.0 Å². The van der Waals surface area contributed by atoms with Crippen molar-refractivity contribution < 1.29 is 9.72 Å². The van der Waals surface area contributed by atoms with E-state index in [4.69, 9.17) is 11.6 Å². The molecule has 0 atom stereocenters. The molecule has 0 aliphatic rings. The summed E-state index contributed by atoms with van der Waals surface area (Å²) in [4.78, 5) is 23.8. The summed E-state index contributed by atoms with van der Waals surface area (Å²) in [6.45, 7) is 1.86. The molecule has 0 saturated carbocycles. The van der Waals surface area contributed by atoms with Crippen LogP contribution in [-0.2, 0) is 0 Å². The highest BCUT2D eigenvalue weighted by Crippen LogP contribution is 2.39. The van der Waals surface area contributed by atoms with Crippen LogP contribution in [0.3, 0.4) is 0 Å². The first-order valence-electron chi connectivity index (χ1n) is 7.76. The summed E-state index contributed by atoms with van der Waals surface area (Å²) in [5.74, 6) is -0.610. The number of anilines is 1. The molecule has 0 radical (unpaired) electrons. The summed E-state index contributed by atoms with van der Waals surface area (Å²) in [6.07, 6.45) is 0. The Morgan fingerprint density at radius 2 is 1.96 bits per heavy atom. The number of nitriles is 1. The van der Waals surface area contributed by atoms with Crippen LogP contribution in [0.1, 0.15) is 20.8 Å². The molecule has 1 aromatic heterocycles. The van der Waals surface area contributed by atoms with E-state index in [2.05, 4.69) is 11.4 Å². The maximum atomic E-state index is 12.6. The summed E-state index contributed by atoms with van der Waals surface area (Å²) in [5, 5.41) is 23.7. The third-order valence-electron chi connectivity index (χ3n) is 3.89. The van der Waals surface area contributed by atoms with E-state index < -0.39 is 10.8 Å². The molecule has 3 rings (SSSR count). The summed E-state index contributed by atoms with van der Waals surface area (Å²) in [6, 6.07) is 15.2. The van der Waals surface area contributed by atoms with Gasteiger partial charge in [-0.25, -0.2) is 0 Å². The van der Waals surface area contributed by atoms with E-state index in [-0.39, 0.29) is 16.3 Å². The molecule has 3 aromatic rings. The number of non-ortho nitro benzene ring substituents is 1. The zero-order valence-electron chi connectivity index (χ0n) is 14.0. The minimum Gasteiger partial charge on any atom is -0.312 e. The molecule has 134 valence electrons. The Morgan fingerprint density at radius 3 is 2.59 bits per heavy atom. The van der Waals surface area contributed by atoms with E-state index in [0.29, 0.717) is 10.6 Å². The van der Waals surface area contributed by atoms with E-state index in [0.717, 1.165) is 22.1 Å². The first-order valence-corrected chi connectivity index (χ1v) is 8.96. The Kier molecular flexibility index (Phi) is 5.21. The maximum absolute atomic E-state index is 12.6. The lowest BCUT2D eigenvalue weighted by Gasteiger charge is -2.06. The molecule has 1 amide bonds. The first-order chi connectivity index (χ1) is 12.9. The van der Waals surface area contributed by atoms with Crippen LogP contribution in [0.4, 0.5) is 10.7 Å². The molecule has 0 aliphatic heterocycles. The van der Waals surface area contributed by atoms with Gasteiger partial charge < -0.3 is 5.32 Å². The van der Waals surface area contributed by atoms with Gasteiger partial charge in [-0.05, 0) is 18.6 Å². The summed E-state index contributed by atoms with van der Waals surface area (Å²) < 4.78 is 0. The minimum atomic E-state index is -0.610. The molecule has 2 aromatic carbocycles. The van der Waals surface area contributed by atoms with Gasteiger partial charge >= 0.3 is 0 Å². The number of hydrogen-bond donors (Lipinski definition) is 1. The lowest BCUT2D eigenvalue weighted by Crippen LogP contribution is -2.12. The molecule has 6 nitrogen and oxygen atoms in total. The van der Waals surface area contributed by atoms with Crippen molar-refractivity contribution in [2.45, 2.75) is 6.92 Å². The third kappa shape index (κ3) is 3.67. The van der Waals surface area contributed by atoms with Crippen molar-refractivity contribution in [1.29, 1.82) is 5.26 Å². The van der Waals surface area contributed by atoms with Gasteiger partial charge in [0.05, 0.1) is 21.1 Å². The zero-order valence-corrected chi connectivity index (χ0v) is 15.6. The van der Waals surface area contributed by atoms with Gasteiger partial charge in [-0.2, -0.15) is 5.26 Å². The zero-order chi connectivity index (χ0) is 19.6. The van der Waals surface area contributed by atoms with Crippen LogP contribution in [0.15, 0.2) is 48.5 Å². The predicted molar refractivity (Wildman–Crippen MR) is 105 cm³/mol. The van der Waals surface area contributed by atoms with Crippen LogP contribution < -0.4 is 5.32 Å². The van der Waals surface area contributed by atoms with Crippen LogP contribution >= 0.6 is 22.9 Å². The fourth-order valence-electron chi connectivity index (χ4n) is 2.66. The standard InChI is InChI=1S/C19H12ClN3O3S/c1-11-17(12-5-3-2-4-6-12)15(10-21)19(27-11)22-18(24)14-9-13(23(25)26)7-8-16(14)20/h2-9H,1H3,(H,22,24). The largest absolute Gasteiger partial charge is 0.312 e. The van der Waals surface area contributed by atoms with Gasteiger partial charge in [-0.3, -0.25) is 14.9 Å². The Morgan fingerprint density at radius 1 is 1.26 bits per heavy atom. The van der Waals surface area contributed by atoms with Crippen molar-refractivity contribution in [3.63, 3.8) is 0 Å². The third-order valence-corrected chi connectivity index (χ3v) is 5.24. The van der Waals surface area contributed by atoms with Crippen molar-refractivity contribution >= 4 is 39.5 Å². The molecular weight excluding hydrogens is 386 g/mol. The molecular formula is C19H12ClN3O3S. The Balaban J connectivity index is 2.00. The van der Waals surface area contributed by atoms with E-state index in [9.17, 15) is 20.2 Å². The minimum absolute atomic E-state index is 0.0259. The summed E-state index contributed by atoms with van der Waals surface area (Å²) in [5.41, 5.74) is 1.71. The van der Waals surface area contributed by atoms with Gasteiger partial charge in [-0.1, -0.05) is 41.9 Å². The number of amides is 1. The second kappa shape index (κ2) is 7.58. The van der Waals surface area contributed by atoms with E-state index >= 15 is 0 Å². The van der Waals surface area contributed by atoms with Crippen molar-refractivity contribution in [1.82, 2.24) is 0 Å². The number of hydrogen-bond acceptors (Lipinski definition) is 5. The molecule has 0 unspecified atom stereocenters. The second-order valence-corrected chi connectivity index (χ2v) is 7.22. The van der Waals surface area contributed by atoms with E-state index in [1.165, 1.54) is 23.5 Å². The van der Waals surface area contributed by atoms with Crippen LogP contribution in [0.2, 0.25) is 5.02 Å². The number of benzene rings is 2. The second-order valence-electron chi connectivity index (χ2n) is 5.59. The molecule has 1 N–H and O–H groups in total. The fraction of sp³-hybridized carbons (Fsp3) is 0.0526. The van der Waals surface area contributed by atoms with Crippen molar-refractivity contribution in [2.24, 2.45) is 0 Å². The van der Waals surface area contributed by atoms with Crippen LogP contribution in [0, 0.1) is 28.4 Å². The number of nitro groups is 1. The highest BCUT2D eigenvalue weighted by Gasteiger charge is 2.21. The monoisotopic (exact) mass is 397 g/mol. The smallest absolute Gasteiger partial charge is 0.270 e. The number of aryl methyl sites for hydroxylation is 1. The molecule has 0 aliphatic carbocycles. The average Bonchev–Trinajstić information content (AvgIpc) is 2.97. The number of nitrogens with one attached hydrogen (secondary N) is 1. The van der Waals surface area contributed by atoms with Crippen molar-refractivity contribution in [2.75, 3.05) is 5.32 Å². The normalized spacial score (nSPS) is 10.3. The van der Waals surface area contributed by atoms with Crippen molar-refractivity contribution in [3.05, 3.63) is 79.7 Å². The molecule has 0 fully saturated rings. The number of nitrogens with zero attached hydrogens (tertiary/aromatic N) is 2. The fourth-order valence-corrected chi connectivity index (χ4v) is 3.89. The average molecular weight is 398 g/mol. The van der Waals surface area contributed by atoms with Crippen LogP contribution in [0.25, 0.3) is 11.1 Å². The molecule has 0 bridgehead atoms. The van der Waals surface area contributed by atoms with E-state index in [1.807, 2.05) is 37.3 Å². The Labute approximate surface area is 163 Å². The number of carbonyl (C=O) groups is 1. The maximum Gasteiger partial charge on any atom is 0.270 e. The Hall–Kier alpha value is -3.21. The van der Waals surface area contributed by atoms with Gasteiger partial charge in [0.25, 0.3) is 11.6 Å². The summed E-state index contributed by atoms with van der Waals surface area (Å²) in [7, 11) is 0. The van der Waals surface area contributed by atoms with Crippen molar-refractivity contribution in [3.8, 4) is 17.2 Å². The van der Waals surface area contributed by atoms with Gasteiger partial charge in [0.1, 0.15) is 11.1 Å². The SMILES string of the molecule is Cc1sc(NC(=O)c2cc([N+](=O)[O-])ccc2Cl)c(C#N)c1-c1ccccc1. The van der Waals surface area contributed by atoms with Crippen LogP contribution in [0.5, 0.6) is 0 Å². The number of carbonyl (C=O) groups excluding carboxylic acids is 1. The first kappa shape index (κ1) is 18.6. The molecule has 27 heavy (non-hydrogen) atoms. The predicted octanol–water partition coefficient (Wildman–Crippen LogP) is 5.41. The van der Waals surface area contributed by atoms with E-state index in [1.54, 1.807) is 0 Å². The lowest BCUT2D eigenvalue weighted by molar-refractivity contribution is -0.384. The molecule has 0 spiro atoms. The quantitative estimate of drug-likeness (QED) is 0.470. The number of halogens is 1. The number of thiophene rings is 1. The van der Waals surface area contributed by atoms with Gasteiger partial charge in [0.15, 0.2) is 0 Å². The lowest BCUT2D eigenvalue weighted by atomic mass is 10.0. The molecule has 1 heterocycles. The van der Waals surface area contributed by atoms with Crippen LogP contribution in [-0.4, -0.2) is 10.8 Å². The molecule has 0 saturated heterocycles. The highest BCUT2D eigenvalue weighted by atomic mass is 35.5. The Bertz CT molecular complexity index is 1090. The van der Waals surface area contributed by atoms with Gasteiger partial charge in [0, 0.05) is 22.6 Å². The highest BCUT2D eigenvalue weighted by molar-refractivity contribution is 7.17.